The number of rotatable bonds is 1. The first-order valence-electron chi connectivity index (χ1n) is 2.17. The molecule has 0 rings (SSSR count). The van der Waals surface area contributed by atoms with Crippen LogP contribution >= 0.6 is 34.8 Å². The van der Waals surface area contributed by atoms with Crippen LogP contribution in [0.1, 0.15) is 0 Å². The van der Waals surface area contributed by atoms with Crippen LogP contribution in [0.3, 0.4) is 0 Å². The standard InChI is InChI=1S/C4H3Cl3O2.Hg/c5-4(6,7)2-1-3(8)9;/h1-2H,(H,8,9);/q;+1/p-1/b2-1+;. The summed E-state index contributed by atoms with van der Waals surface area (Å²) >= 11 is 15.8. The molecule has 2 nitrogen and oxygen atoms in total. The van der Waals surface area contributed by atoms with Gasteiger partial charge in [-0.25, -0.2) is 0 Å². The summed E-state index contributed by atoms with van der Waals surface area (Å²) in [5.74, 6) is -0.463. The number of halogens is 3. The molecule has 0 aliphatic heterocycles. The number of carbonyl (C=O) groups excluding carboxylic acids is 1. The van der Waals surface area contributed by atoms with Gasteiger partial charge in [-0.2, -0.15) is 0 Å². The molecule has 53 valence electrons. The molecule has 0 aromatic rings. The molecule has 0 unspecified atom stereocenters. The van der Waals surface area contributed by atoms with Crippen LogP contribution in [0.25, 0.3) is 0 Å². The van der Waals surface area contributed by atoms with Gasteiger partial charge in [-0.3, -0.25) is 0 Å². The summed E-state index contributed by atoms with van der Waals surface area (Å²) in [4.78, 5) is 10.4. The van der Waals surface area contributed by atoms with Crippen LogP contribution < -0.4 is 0 Å². The Kier molecular flexibility index (Phi) is 5.29. The summed E-state index contributed by atoms with van der Waals surface area (Å²) in [6, 6.07) is 0. The average Bonchev–Trinajstić information content (AvgIpc) is 1.81. The summed E-state index contributed by atoms with van der Waals surface area (Å²) in [5.41, 5.74) is 0. The maximum atomic E-state index is 10.4. The van der Waals surface area contributed by atoms with Gasteiger partial charge in [0.25, 0.3) is 0 Å². The molecule has 0 saturated heterocycles. The molecule has 0 aromatic heterocycles. The number of alkyl halides is 3. The first kappa shape index (κ1) is 11.0. The topological polar surface area (TPSA) is 26.3 Å². The predicted octanol–water partition coefficient (Wildman–Crippen LogP) is 1.92. The van der Waals surface area contributed by atoms with E-state index in [9.17, 15) is 4.79 Å². The van der Waals surface area contributed by atoms with Crippen molar-refractivity contribution in [2.45, 2.75) is 3.79 Å². The van der Waals surface area contributed by atoms with Crippen LogP contribution in [-0.2, 0) is 34.0 Å². The Morgan fingerprint density at radius 3 is 2.30 bits per heavy atom. The SMILES string of the molecule is O=C(/C=C/C(Cl)(Cl)Cl)[O][Hg]. The number of allylic oxidation sites excluding steroid dienone is 1. The van der Waals surface area contributed by atoms with Crippen molar-refractivity contribution in [3.05, 3.63) is 12.2 Å². The van der Waals surface area contributed by atoms with Gasteiger partial charge in [0.05, 0.1) is 0 Å². The quantitative estimate of drug-likeness (QED) is 0.389. The summed E-state index contributed by atoms with van der Waals surface area (Å²) in [6.07, 6.45) is 2.24. The Hall–Kier alpha value is 1.02. The summed E-state index contributed by atoms with van der Waals surface area (Å²) in [7, 11) is 0. The first-order valence-corrected chi connectivity index (χ1v) is 5.55. The maximum absolute atomic E-state index is 10.4. The fourth-order valence-corrected chi connectivity index (χ4v) is 0.774. The molecule has 0 aromatic carbocycles. The Balaban J connectivity index is 3.88. The molecule has 0 aliphatic rings. The molecule has 0 aliphatic carbocycles. The summed E-state index contributed by atoms with van der Waals surface area (Å²) in [5, 5.41) is 0. The van der Waals surface area contributed by atoms with E-state index < -0.39 is 9.76 Å². The summed E-state index contributed by atoms with van der Waals surface area (Å²) < 4.78 is 2.93. The van der Waals surface area contributed by atoms with E-state index in [1.165, 1.54) is 0 Å². The van der Waals surface area contributed by atoms with Gasteiger partial charge in [-0.05, 0) is 0 Å². The van der Waals surface area contributed by atoms with Crippen LogP contribution in [0, 0.1) is 0 Å². The number of carbonyl (C=O) groups is 1. The minimum absolute atomic E-state index is 0.0151. The number of hydrogen-bond donors (Lipinski definition) is 0. The molecule has 0 N–H and O–H groups in total. The van der Waals surface area contributed by atoms with Crippen LogP contribution in [0.4, 0.5) is 0 Å². The van der Waals surface area contributed by atoms with E-state index in [-0.39, 0.29) is 26.6 Å². The van der Waals surface area contributed by atoms with Crippen molar-refractivity contribution in [2.24, 2.45) is 0 Å². The van der Waals surface area contributed by atoms with Crippen molar-refractivity contribution in [2.75, 3.05) is 0 Å². The van der Waals surface area contributed by atoms with Crippen molar-refractivity contribution >= 4 is 40.8 Å². The number of hydrogen-bond acceptors (Lipinski definition) is 2. The Bertz CT molecular complexity index is 151. The van der Waals surface area contributed by atoms with E-state index >= 15 is 0 Å². The summed E-state index contributed by atoms with van der Waals surface area (Å²) in [6.45, 7) is 0. The van der Waals surface area contributed by atoms with Crippen molar-refractivity contribution in [3.63, 3.8) is 0 Å². The molecule has 0 amide bonds. The minimum atomic E-state index is -1.51. The van der Waals surface area contributed by atoms with E-state index in [2.05, 4.69) is 2.64 Å². The Labute approximate surface area is 90.1 Å². The van der Waals surface area contributed by atoms with Crippen molar-refractivity contribution in [1.82, 2.24) is 0 Å². The third kappa shape index (κ3) is 7.13. The zero-order chi connectivity index (χ0) is 8.20. The van der Waals surface area contributed by atoms with Crippen LogP contribution in [-0.4, -0.2) is 9.76 Å². The van der Waals surface area contributed by atoms with Crippen LogP contribution in [0.5, 0.6) is 0 Å². The molecule has 0 spiro atoms. The van der Waals surface area contributed by atoms with E-state index in [4.69, 9.17) is 34.8 Å². The van der Waals surface area contributed by atoms with Gasteiger partial charge in [0, 0.05) is 0 Å². The zero-order valence-electron chi connectivity index (χ0n) is 4.81. The second-order valence-corrected chi connectivity index (χ2v) is 4.83. The molecular weight excluding hydrogens is 387 g/mol. The van der Waals surface area contributed by atoms with E-state index in [1.807, 2.05) is 0 Å². The second-order valence-electron chi connectivity index (χ2n) is 1.34. The van der Waals surface area contributed by atoms with Crippen molar-refractivity contribution in [1.29, 1.82) is 0 Å². The normalized spacial score (nSPS) is 12.1. The van der Waals surface area contributed by atoms with Gasteiger partial charge in [0.15, 0.2) is 0 Å². The Morgan fingerprint density at radius 2 is 2.00 bits per heavy atom. The van der Waals surface area contributed by atoms with E-state index in [0.717, 1.165) is 12.2 Å². The van der Waals surface area contributed by atoms with E-state index in [0.29, 0.717) is 0 Å². The molecule has 0 atom stereocenters. The van der Waals surface area contributed by atoms with Gasteiger partial charge in [0.1, 0.15) is 0 Å². The molecule has 0 bridgehead atoms. The average molecular weight is 389 g/mol. The molecule has 0 fully saturated rings. The van der Waals surface area contributed by atoms with Crippen molar-refractivity contribution < 1.29 is 34.0 Å². The molecule has 0 heterocycles. The second kappa shape index (κ2) is 4.81. The van der Waals surface area contributed by atoms with Gasteiger partial charge in [-0.15, -0.1) is 0 Å². The zero-order valence-corrected chi connectivity index (χ0v) is 12.6. The van der Waals surface area contributed by atoms with Crippen LogP contribution in [0.2, 0.25) is 0 Å². The molecule has 10 heavy (non-hydrogen) atoms. The predicted molar refractivity (Wildman–Crippen MR) is 35.5 cm³/mol. The van der Waals surface area contributed by atoms with Crippen molar-refractivity contribution in [3.8, 4) is 0 Å². The third-order valence-corrected chi connectivity index (χ3v) is 2.03. The van der Waals surface area contributed by atoms with Crippen LogP contribution in [0.15, 0.2) is 12.2 Å². The van der Waals surface area contributed by atoms with Gasteiger partial charge in [-0.1, -0.05) is 0 Å². The molecule has 6 heteroatoms. The van der Waals surface area contributed by atoms with Gasteiger partial charge < -0.3 is 0 Å². The Morgan fingerprint density at radius 1 is 1.50 bits per heavy atom. The molecule has 0 saturated carbocycles. The monoisotopic (exact) mass is 389 g/mol. The third-order valence-electron chi connectivity index (χ3n) is 0.551. The molecule has 0 radical (unpaired) electrons. The van der Waals surface area contributed by atoms with Gasteiger partial charge in [0.2, 0.25) is 0 Å². The molecular formula is C4H2Cl3HgO2. The van der Waals surface area contributed by atoms with Gasteiger partial charge >= 0.3 is 90.7 Å². The fraction of sp³-hybridized carbons (Fsp3) is 0.250. The first-order chi connectivity index (χ1) is 4.45. The fourth-order valence-electron chi connectivity index (χ4n) is 0.211. The van der Waals surface area contributed by atoms with E-state index in [1.54, 1.807) is 0 Å².